The largest absolute Gasteiger partial charge is 0.369 e. The van der Waals surface area contributed by atoms with E-state index in [1.165, 1.54) is 0 Å². The standard InChI is InChI=1S/C12H25NO4/c1-9(2)11(10(3)4)7-13-12(14)8-16-5-6-17-15/h9-11,15H,5-8H2,1-4H3,(H,13,14). The average Bonchev–Trinajstić information content (AvgIpc) is 2.23. The second-order valence-electron chi connectivity index (χ2n) is 4.84. The molecule has 0 aliphatic heterocycles. The Hall–Kier alpha value is -0.650. The van der Waals surface area contributed by atoms with Crippen molar-refractivity contribution >= 4 is 5.91 Å². The van der Waals surface area contributed by atoms with Crippen LogP contribution in [0.3, 0.4) is 0 Å². The molecule has 0 aromatic heterocycles. The molecular weight excluding hydrogens is 222 g/mol. The van der Waals surface area contributed by atoms with E-state index in [0.29, 0.717) is 24.3 Å². The zero-order chi connectivity index (χ0) is 13.3. The van der Waals surface area contributed by atoms with Gasteiger partial charge in [0.1, 0.15) is 13.2 Å². The molecule has 0 unspecified atom stereocenters. The normalized spacial score (nSPS) is 11.5. The van der Waals surface area contributed by atoms with Crippen LogP contribution >= 0.6 is 0 Å². The number of amides is 1. The molecule has 1 amide bonds. The summed E-state index contributed by atoms with van der Waals surface area (Å²) in [5, 5.41) is 10.9. The van der Waals surface area contributed by atoms with Crippen molar-refractivity contribution in [2.45, 2.75) is 27.7 Å². The van der Waals surface area contributed by atoms with E-state index in [2.05, 4.69) is 37.9 Å². The highest BCUT2D eigenvalue weighted by Crippen LogP contribution is 2.19. The minimum Gasteiger partial charge on any atom is -0.369 e. The first-order valence-corrected chi connectivity index (χ1v) is 6.09. The SMILES string of the molecule is CC(C)C(CNC(=O)COCCOO)C(C)C. The van der Waals surface area contributed by atoms with E-state index in [-0.39, 0.29) is 25.7 Å². The molecule has 0 saturated carbocycles. The van der Waals surface area contributed by atoms with Gasteiger partial charge in [-0.1, -0.05) is 27.7 Å². The molecule has 5 heteroatoms. The van der Waals surface area contributed by atoms with Crippen LogP contribution in [0.5, 0.6) is 0 Å². The van der Waals surface area contributed by atoms with Crippen LogP contribution < -0.4 is 5.32 Å². The third-order valence-corrected chi connectivity index (χ3v) is 2.80. The number of carbonyl (C=O) groups is 1. The van der Waals surface area contributed by atoms with Crippen LogP contribution in [-0.4, -0.2) is 37.5 Å². The summed E-state index contributed by atoms with van der Waals surface area (Å²) in [5.74, 6) is 1.42. The molecular formula is C12H25NO4. The highest BCUT2D eigenvalue weighted by molar-refractivity contribution is 5.77. The Labute approximate surface area is 103 Å². The van der Waals surface area contributed by atoms with Crippen LogP contribution in [0.15, 0.2) is 0 Å². The van der Waals surface area contributed by atoms with Gasteiger partial charge in [0, 0.05) is 6.54 Å². The molecule has 0 atom stereocenters. The Morgan fingerprint density at radius 2 is 1.76 bits per heavy atom. The van der Waals surface area contributed by atoms with E-state index in [1.807, 2.05) is 0 Å². The van der Waals surface area contributed by atoms with Gasteiger partial charge < -0.3 is 10.1 Å². The molecule has 0 spiro atoms. The first-order chi connectivity index (χ1) is 7.99. The highest BCUT2D eigenvalue weighted by atomic mass is 17.1. The Balaban J connectivity index is 3.73. The number of rotatable bonds is 9. The summed E-state index contributed by atoms with van der Waals surface area (Å²) in [5.41, 5.74) is 0. The first-order valence-electron chi connectivity index (χ1n) is 6.09. The third-order valence-electron chi connectivity index (χ3n) is 2.80. The summed E-state index contributed by atoms with van der Waals surface area (Å²) in [6, 6.07) is 0. The van der Waals surface area contributed by atoms with Crippen LogP contribution in [0.25, 0.3) is 0 Å². The molecule has 5 nitrogen and oxygen atoms in total. The predicted molar refractivity (Wildman–Crippen MR) is 65.6 cm³/mol. The molecule has 2 N–H and O–H groups in total. The van der Waals surface area contributed by atoms with Gasteiger partial charge in [-0.05, 0) is 17.8 Å². The highest BCUT2D eigenvalue weighted by Gasteiger charge is 2.17. The Morgan fingerprint density at radius 3 is 2.24 bits per heavy atom. The van der Waals surface area contributed by atoms with Gasteiger partial charge in [0.2, 0.25) is 5.91 Å². The van der Waals surface area contributed by atoms with E-state index in [1.54, 1.807) is 0 Å². The molecule has 17 heavy (non-hydrogen) atoms. The maximum atomic E-state index is 11.4. The Morgan fingerprint density at radius 1 is 1.18 bits per heavy atom. The fourth-order valence-corrected chi connectivity index (χ4v) is 1.78. The molecule has 0 aliphatic rings. The lowest BCUT2D eigenvalue weighted by Crippen LogP contribution is -2.36. The van der Waals surface area contributed by atoms with Crippen LogP contribution in [-0.2, 0) is 14.4 Å². The number of nitrogens with one attached hydrogen (secondary N) is 1. The lowest BCUT2D eigenvalue weighted by atomic mass is 9.85. The van der Waals surface area contributed by atoms with Crippen molar-refractivity contribution in [1.82, 2.24) is 5.32 Å². The fourth-order valence-electron chi connectivity index (χ4n) is 1.78. The predicted octanol–water partition coefficient (Wildman–Crippen LogP) is 1.54. The number of hydrogen-bond donors (Lipinski definition) is 2. The molecule has 0 saturated heterocycles. The van der Waals surface area contributed by atoms with Crippen molar-refractivity contribution in [2.75, 3.05) is 26.4 Å². The maximum absolute atomic E-state index is 11.4. The van der Waals surface area contributed by atoms with Crippen molar-refractivity contribution in [3.8, 4) is 0 Å². The van der Waals surface area contributed by atoms with Crippen molar-refractivity contribution in [1.29, 1.82) is 0 Å². The topological polar surface area (TPSA) is 67.8 Å². The van der Waals surface area contributed by atoms with E-state index < -0.39 is 0 Å². The van der Waals surface area contributed by atoms with Crippen LogP contribution in [0.2, 0.25) is 0 Å². The zero-order valence-electron chi connectivity index (χ0n) is 11.2. The third kappa shape index (κ3) is 8.12. The summed E-state index contributed by atoms with van der Waals surface area (Å²) in [7, 11) is 0. The number of ether oxygens (including phenoxy) is 1. The smallest absolute Gasteiger partial charge is 0.246 e. The van der Waals surface area contributed by atoms with Crippen LogP contribution in [0, 0.1) is 17.8 Å². The molecule has 0 fully saturated rings. The molecule has 0 aliphatic carbocycles. The molecule has 0 bridgehead atoms. The van der Waals surface area contributed by atoms with Crippen molar-refractivity contribution in [3.05, 3.63) is 0 Å². The number of carbonyl (C=O) groups excluding carboxylic acids is 1. The van der Waals surface area contributed by atoms with Crippen LogP contribution in [0.1, 0.15) is 27.7 Å². The quantitative estimate of drug-likeness (QED) is 0.368. The molecule has 0 radical (unpaired) electrons. The van der Waals surface area contributed by atoms with Gasteiger partial charge in [0.15, 0.2) is 0 Å². The lowest BCUT2D eigenvalue weighted by Gasteiger charge is -2.25. The van der Waals surface area contributed by atoms with Crippen LogP contribution in [0.4, 0.5) is 0 Å². The lowest BCUT2D eigenvalue weighted by molar-refractivity contribution is -0.248. The summed E-state index contributed by atoms with van der Waals surface area (Å²) in [6.07, 6.45) is 0. The van der Waals surface area contributed by atoms with Gasteiger partial charge in [-0.15, -0.1) is 0 Å². The van der Waals surface area contributed by atoms with E-state index in [0.717, 1.165) is 0 Å². The molecule has 0 heterocycles. The zero-order valence-corrected chi connectivity index (χ0v) is 11.2. The minimum absolute atomic E-state index is 0.00622. The van der Waals surface area contributed by atoms with E-state index >= 15 is 0 Å². The van der Waals surface area contributed by atoms with Crippen molar-refractivity contribution in [3.63, 3.8) is 0 Å². The van der Waals surface area contributed by atoms with Crippen molar-refractivity contribution in [2.24, 2.45) is 17.8 Å². The average molecular weight is 247 g/mol. The van der Waals surface area contributed by atoms with Gasteiger partial charge >= 0.3 is 0 Å². The second kappa shape index (κ2) is 9.39. The van der Waals surface area contributed by atoms with Gasteiger partial charge in [-0.25, -0.2) is 4.89 Å². The molecule has 0 aromatic carbocycles. The van der Waals surface area contributed by atoms with Gasteiger partial charge in [-0.3, -0.25) is 10.1 Å². The first kappa shape index (κ1) is 16.4. The summed E-state index contributed by atoms with van der Waals surface area (Å²) < 4.78 is 4.99. The van der Waals surface area contributed by atoms with Gasteiger partial charge in [0.25, 0.3) is 0 Å². The van der Waals surface area contributed by atoms with E-state index in [4.69, 9.17) is 9.99 Å². The summed E-state index contributed by atoms with van der Waals surface area (Å²) in [6.45, 7) is 9.60. The fraction of sp³-hybridized carbons (Fsp3) is 0.917. The Kier molecular flexibility index (Phi) is 9.03. The Bertz CT molecular complexity index is 199. The second-order valence-corrected chi connectivity index (χ2v) is 4.84. The molecule has 0 aromatic rings. The minimum atomic E-state index is -0.130. The number of hydrogen-bond acceptors (Lipinski definition) is 4. The van der Waals surface area contributed by atoms with Gasteiger partial charge in [0.05, 0.1) is 6.61 Å². The molecule has 102 valence electrons. The van der Waals surface area contributed by atoms with Crippen molar-refractivity contribution < 1.29 is 19.7 Å². The summed E-state index contributed by atoms with van der Waals surface area (Å²) in [4.78, 5) is 15.2. The van der Waals surface area contributed by atoms with Gasteiger partial charge in [-0.2, -0.15) is 0 Å². The monoisotopic (exact) mass is 247 g/mol. The summed E-state index contributed by atoms with van der Waals surface area (Å²) >= 11 is 0. The maximum Gasteiger partial charge on any atom is 0.246 e. The molecule has 0 rings (SSSR count). The van der Waals surface area contributed by atoms with E-state index in [9.17, 15) is 4.79 Å².